The predicted molar refractivity (Wildman–Crippen MR) is 45.2 cm³/mol. The summed E-state index contributed by atoms with van der Waals surface area (Å²) < 4.78 is 0. The maximum absolute atomic E-state index is 10.5. The Labute approximate surface area is 67.6 Å². The smallest absolute Gasteiger partial charge is 0.185 e. The molecular weight excluding hydrogens is 144 g/mol. The van der Waals surface area contributed by atoms with E-state index in [0.717, 1.165) is 12.3 Å². The second-order valence-electron chi connectivity index (χ2n) is 3.08. The SMILES string of the molecule is O=C(S)CCC1CCCC1. The summed E-state index contributed by atoms with van der Waals surface area (Å²) in [4.78, 5) is 10.5. The molecule has 0 saturated heterocycles. The van der Waals surface area contributed by atoms with Crippen molar-refractivity contribution in [2.24, 2.45) is 5.92 Å². The van der Waals surface area contributed by atoms with Crippen LogP contribution in [0.15, 0.2) is 0 Å². The van der Waals surface area contributed by atoms with Crippen molar-refractivity contribution in [2.45, 2.75) is 38.5 Å². The maximum Gasteiger partial charge on any atom is 0.185 e. The van der Waals surface area contributed by atoms with Crippen LogP contribution in [-0.2, 0) is 4.79 Å². The first-order valence-electron chi connectivity index (χ1n) is 4.01. The highest BCUT2D eigenvalue weighted by Crippen LogP contribution is 2.28. The third-order valence-corrected chi connectivity index (χ3v) is 2.46. The molecule has 10 heavy (non-hydrogen) atoms. The molecule has 1 fully saturated rings. The molecule has 0 amide bonds. The highest BCUT2D eigenvalue weighted by Gasteiger charge is 2.14. The van der Waals surface area contributed by atoms with E-state index in [1.807, 2.05) is 0 Å². The summed E-state index contributed by atoms with van der Waals surface area (Å²) in [6.07, 6.45) is 7.15. The fraction of sp³-hybridized carbons (Fsp3) is 0.875. The zero-order chi connectivity index (χ0) is 7.40. The summed E-state index contributed by atoms with van der Waals surface area (Å²) in [6.45, 7) is 0. The summed E-state index contributed by atoms with van der Waals surface area (Å²) in [6, 6.07) is 0. The minimum atomic E-state index is 0.0481. The molecule has 0 spiro atoms. The molecular formula is C8H14OS. The van der Waals surface area contributed by atoms with Gasteiger partial charge in [-0.1, -0.05) is 25.7 Å². The third-order valence-electron chi connectivity index (χ3n) is 2.24. The van der Waals surface area contributed by atoms with Gasteiger partial charge in [-0.05, 0) is 12.3 Å². The number of thiol groups is 1. The van der Waals surface area contributed by atoms with E-state index in [9.17, 15) is 4.79 Å². The van der Waals surface area contributed by atoms with Gasteiger partial charge in [0.2, 0.25) is 0 Å². The van der Waals surface area contributed by atoms with Crippen molar-refractivity contribution in [1.82, 2.24) is 0 Å². The first-order chi connectivity index (χ1) is 4.79. The fourth-order valence-electron chi connectivity index (χ4n) is 1.63. The summed E-state index contributed by atoms with van der Waals surface area (Å²) in [5.74, 6) is 0.830. The largest absolute Gasteiger partial charge is 0.288 e. The number of carbonyl (C=O) groups excluding carboxylic acids is 1. The van der Waals surface area contributed by atoms with Crippen LogP contribution in [0.1, 0.15) is 38.5 Å². The molecule has 0 heterocycles. The van der Waals surface area contributed by atoms with E-state index in [-0.39, 0.29) is 5.12 Å². The molecule has 0 atom stereocenters. The van der Waals surface area contributed by atoms with E-state index >= 15 is 0 Å². The van der Waals surface area contributed by atoms with Crippen LogP contribution in [0, 0.1) is 5.92 Å². The molecule has 0 unspecified atom stereocenters. The average Bonchev–Trinajstić information content (AvgIpc) is 2.34. The van der Waals surface area contributed by atoms with E-state index in [0.29, 0.717) is 6.42 Å². The predicted octanol–water partition coefficient (Wildman–Crippen LogP) is 2.41. The second kappa shape index (κ2) is 4.02. The van der Waals surface area contributed by atoms with E-state index in [1.54, 1.807) is 0 Å². The van der Waals surface area contributed by atoms with Gasteiger partial charge < -0.3 is 0 Å². The summed E-state index contributed by atoms with van der Waals surface area (Å²) in [7, 11) is 0. The fourth-order valence-corrected chi connectivity index (χ4v) is 1.76. The van der Waals surface area contributed by atoms with Gasteiger partial charge in [0.1, 0.15) is 0 Å². The van der Waals surface area contributed by atoms with Crippen LogP contribution in [0.2, 0.25) is 0 Å². The van der Waals surface area contributed by atoms with Gasteiger partial charge >= 0.3 is 0 Å². The van der Waals surface area contributed by atoms with Gasteiger partial charge in [-0.3, -0.25) is 4.79 Å². The number of hydrogen-bond donors (Lipinski definition) is 1. The molecule has 0 N–H and O–H groups in total. The standard InChI is InChI=1S/C8H14OS/c9-8(10)6-5-7-3-1-2-4-7/h7H,1-6H2,(H,9,10). The maximum atomic E-state index is 10.5. The highest BCUT2D eigenvalue weighted by molar-refractivity contribution is 7.96. The lowest BCUT2D eigenvalue weighted by molar-refractivity contribution is -0.111. The van der Waals surface area contributed by atoms with E-state index < -0.39 is 0 Å². The lowest BCUT2D eigenvalue weighted by Crippen LogP contribution is -1.95. The second-order valence-corrected chi connectivity index (χ2v) is 3.58. The molecule has 1 aliphatic carbocycles. The summed E-state index contributed by atoms with van der Waals surface area (Å²) >= 11 is 3.73. The zero-order valence-corrected chi connectivity index (χ0v) is 7.07. The van der Waals surface area contributed by atoms with E-state index in [1.165, 1.54) is 25.7 Å². The van der Waals surface area contributed by atoms with Gasteiger partial charge in [-0.2, -0.15) is 0 Å². The van der Waals surface area contributed by atoms with Gasteiger partial charge in [0, 0.05) is 6.42 Å². The van der Waals surface area contributed by atoms with Crippen molar-refractivity contribution in [1.29, 1.82) is 0 Å². The van der Waals surface area contributed by atoms with Gasteiger partial charge in [-0.25, -0.2) is 0 Å². The van der Waals surface area contributed by atoms with Crippen molar-refractivity contribution in [2.75, 3.05) is 0 Å². The highest BCUT2D eigenvalue weighted by atomic mass is 32.1. The molecule has 0 aromatic rings. The summed E-state index contributed by atoms with van der Waals surface area (Å²) in [5.41, 5.74) is 0. The molecule has 1 saturated carbocycles. The van der Waals surface area contributed by atoms with Gasteiger partial charge in [0.15, 0.2) is 5.12 Å². The van der Waals surface area contributed by atoms with Crippen molar-refractivity contribution < 1.29 is 4.79 Å². The monoisotopic (exact) mass is 158 g/mol. The molecule has 1 rings (SSSR count). The molecule has 0 bridgehead atoms. The Morgan fingerprint density at radius 3 is 2.50 bits per heavy atom. The molecule has 0 aromatic carbocycles. The molecule has 0 aliphatic heterocycles. The van der Waals surface area contributed by atoms with Crippen LogP contribution >= 0.6 is 12.6 Å². The van der Waals surface area contributed by atoms with Gasteiger partial charge in [-0.15, -0.1) is 12.6 Å². The van der Waals surface area contributed by atoms with Crippen molar-refractivity contribution >= 4 is 17.7 Å². The molecule has 2 heteroatoms. The first-order valence-corrected chi connectivity index (χ1v) is 4.45. The molecule has 58 valence electrons. The molecule has 0 radical (unpaired) electrons. The van der Waals surface area contributed by atoms with Crippen LogP contribution in [0.3, 0.4) is 0 Å². The van der Waals surface area contributed by atoms with Gasteiger partial charge in [0.05, 0.1) is 0 Å². The number of hydrogen-bond acceptors (Lipinski definition) is 1. The first kappa shape index (κ1) is 8.12. The van der Waals surface area contributed by atoms with Gasteiger partial charge in [0.25, 0.3) is 0 Å². The Kier molecular flexibility index (Phi) is 3.26. The number of rotatable bonds is 3. The van der Waals surface area contributed by atoms with E-state index in [4.69, 9.17) is 0 Å². The minimum Gasteiger partial charge on any atom is -0.288 e. The lowest BCUT2D eigenvalue weighted by Gasteiger charge is -2.04. The number of carbonyl (C=O) groups is 1. The van der Waals surface area contributed by atoms with Crippen LogP contribution in [0.4, 0.5) is 0 Å². The third kappa shape index (κ3) is 2.74. The molecule has 1 aliphatic rings. The molecule has 1 nitrogen and oxygen atoms in total. The van der Waals surface area contributed by atoms with Crippen LogP contribution < -0.4 is 0 Å². The van der Waals surface area contributed by atoms with Crippen LogP contribution in [-0.4, -0.2) is 5.12 Å². The minimum absolute atomic E-state index is 0.0481. The quantitative estimate of drug-likeness (QED) is 0.624. The zero-order valence-electron chi connectivity index (χ0n) is 6.18. The van der Waals surface area contributed by atoms with Crippen molar-refractivity contribution in [3.8, 4) is 0 Å². The van der Waals surface area contributed by atoms with Crippen molar-refractivity contribution in [3.63, 3.8) is 0 Å². The normalized spacial score (nSPS) is 19.7. The Morgan fingerprint density at radius 1 is 1.40 bits per heavy atom. The lowest BCUT2D eigenvalue weighted by atomic mass is 10.0. The molecule has 0 aromatic heterocycles. The Morgan fingerprint density at radius 2 is 2.00 bits per heavy atom. The topological polar surface area (TPSA) is 17.1 Å². The Hall–Kier alpha value is 0.0200. The van der Waals surface area contributed by atoms with Crippen LogP contribution in [0.25, 0.3) is 0 Å². The van der Waals surface area contributed by atoms with E-state index in [2.05, 4.69) is 12.6 Å². The average molecular weight is 158 g/mol. The summed E-state index contributed by atoms with van der Waals surface area (Å²) in [5, 5.41) is 0.0481. The Balaban J connectivity index is 2.07. The van der Waals surface area contributed by atoms with Crippen LogP contribution in [0.5, 0.6) is 0 Å². The van der Waals surface area contributed by atoms with Crippen molar-refractivity contribution in [3.05, 3.63) is 0 Å². The Bertz CT molecular complexity index is 116.